The Bertz CT molecular complexity index is 736. The Balaban J connectivity index is 2.04. The average Bonchev–Trinajstić information content (AvgIpc) is 3.36. The fourth-order valence-corrected chi connectivity index (χ4v) is 3.37. The first-order valence-corrected chi connectivity index (χ1v) is 10.7. The number of unbranched alkanes of at least 4 members (excludes halogenated alkanes) is 3. The molecule has 0 bridgehead atoms. The summed E-state index contributed by atoms with van der Waals surface area (Å²) in [5.74, 6) is 0.756. The molecule has 2 aromatic heterocycles. The molecule has 0 radical (unpaired) electrons. The monoisotopic (exact) mass is 401 g/mol. The molecule has 2 rings (SSSR count). The number of furan rings is 1. The van der Waals surface area contributed by atoms with Crippen LogP contribution in [0.2, 0.25) is 0 Å². The van der Waals surface area contributed by atoms with E-state index in [1.165, 1.54) is 0 Å². The van der Waals surface area contributed by atoms with Gasteiger partial charge >= 0.3 is 0 Å². The molecule has 2 aromatic rings. The van der Waals surface area contributed by atoms with Crippen molar-refractivity contribution < 1.29 is 14.0 Å². The van der Waals surface area contributed by atoms with Crippen molar-refractivity contribution in [2.24, 2.45) is 7.05 Å². The van der Waals surface area contributed by atoms with E-state index in [-0.39, 0.29) is 18.4 Å². The summed E-state index contributed by atoms with van der Waals surface area (Å²) >= 11 is 0. The first-order valence-electron chi connectivity index (χ1n) is 10.7. The first-order chi connectivity index (χ1) is 14.0. The summed E-state index contributed by atoms with van der Waals surface area (Å²) in [4.78, 5) is 29.3. The minimum atomic E-state index is -0.0574. The first kappa shape index (κ1) is 22.8. The zero-order chi connectivity index (χ0) is 21.1. The number of carbonyl (C=O) groups is 2. The van der Waals surface area contributed by atoms with Crippen LogP contribution in [0.3, 0.4) is 0 Å². The highest BCUT2D eigenvalue weighted by molar-refractivity contribution is 5.84. The maximum atomic E-state index is 13.2. The van der Waals surface area contributed by atoms with Crippen LogP contribution >= 0.6 is 0 Å². The second-order valence-electron chi connectivity index (χ2n) is 7.57. The Morgan fingerprint density at radius 2 is 1.79 bits per heavy atom. The maximum absolute atomic E-state index is 13.2. The molecule has 0 aliphatic carbocycles. The normalized spacial score (nSPS) is 10.9. The number of aryl methyl sites for hydroxylation is 1. The van der Waals surface area contributed by atoms with Crippen LogP contribution in [0.25, 0.3) is 0 Å². The van der Waals surface area contributed by atoms with Gasteiger partial charge in [0.05, 0.1) is 25.9 Å². The van der Waals surface area contributed by atoms with Crippen molar-refractivity contribution in [1.29, 1.82) is 0 Å². The molecule has 2 amide bonds. The molecule has 0 fully saturated rings. The zero-order valence-electron chi connectivity index (χ0n) is 18.1. The van der Waals surface area contributed by atoms with Gasteiger partial charge in [-0.25, -0.2) is 0 Å². The van der Waals surface area contributed by atoms with Gasteiger partial charge in [-0.1, -0.05) is 33.1 Å². The van der Waals surface area contributed by atoms with Gasteiger partial charge in [-0.15, -0.1) is 0 Å². The van der Waals surface area contributed by atoms with Crippen LogP contribution in [0.1, 0.15) is 63.8 Å². The van der Waals surface area contributed by atoms with Crippen molar-refractivity contribution in [2.45, 2.75) is 65.5 Å². The molecule has 0 spiro atoms. The second kappa shape index (κ2) is 12.1. The van der Waals surface area contributed by atoms with Crippen LogP contribution in [0.15, 0.2) is 41.1 Å². The Labute approximate surface area is 174 Å². The fraction of sp³-hybridized carbons (Fsp3) is 0.565. The summed E-state index contributed by atoms with van der Waals surface area (Å²) in [6, 6.07) is 7.66. The summed E-state index contributed by atoms with van der Waals surface area (Å²) in [5, 5.41) is 0. The molecule has 0 aromatic carbocycles. The van der Waals surface area contributed by atoms with E-state index in [0.717, 1.165) is 43.6 Å². The van der Waals surface area contributed by atoms with Crippen molar-refractivity contribution in [3.63, 3.8) is 0 Å². The standard InChI is InChI=1S/C23H35N3O3/c1-4-6-7-8-13-22(27)25(14-5-2)19-23(28)26(18-21-12-10-16-29-21)17-20-11-9-15-24(20)3/h9-12,15-16H,4-8,13-14,17-19H2,1-3H3. The van der Waals surface area contributed by atoms with Gasteiger partial charge in [0.15, 0.2) is 0 Å². The van der Waals surface area contributed by atoms with E-state index >= 15 is 0 Å². The summed E-state index contributed by atoms with van der Waals surface area (Å²) in [5.41, 5.74) is 1.04. The lowest BCUT2D eigenvalue weighted by Gasteiger charge is -2.27. The maximum Gasteiger partial charge on any atom is 0.242 e. The van der Waals surface area contributed by atoms with Gasteiger partial charge in [0.2, 0.25) is 11.8 Å². The SMILES string of the molecule is CCCCCCC(=O)N(CCC)CC(=O)N(Cc1ccco1)Cc1cccn1C. The Hall–Kier alpha value is -2.50. The van der Waals surface area contributed by atoms with Gasteiger partial charge in [-0.2, -0.15) is 0 Å². The summed E-state index contributed by atoms with van der Waals surface area (Å²) in [6.07, 6.45) is 9.18. The van der Waals surface area contributed by atoms with E-state index in [1.54, 1.807) is 16.1 Å². The second-order valence-corrected chi connectivity index (χ2v) is 7.57. The Morgan fingerprint density at radius 1 is 0.966 bits per heavy atom. The molecule has 6 heteroatoms. The number of nitrogens with zero attached hydrogens (tertiary/aromatic N) is 3. The number of hydrogen-bond acceptors (Lipinski definition) is 3. The van der Waals surface area contributed by atoms with Gasteiger partial charge in [-0.3, -0.25) is 9.59 Å². The molecule has 0 unspecified atom stereocenters. The van der Waals surface area contributed by atoms with E-state index in [4.69, 9.17) is 4.42 Å². The largest absolute Gasteiger partial charge is 0.467 e. The molecule has 0 saturated carbocycles. The number of hydrogen-bond donors (Lipinski definition) is 0. The average molecular weight is 402 g/mol. The quantitative estimate of drug-likeness (QED) is 0.469. The van der Waals surface area contributed by atoms with Crippen LogP contribution in [0.5, 0.6) is 0 Å². The predicted molar refractivity (Wildman–Crippen MR) is 114 cm³/mol. The van der Waals surface area contributed by atoms with Crippen molar-refractivity contribution in [3.8, 4) is 0 Å². The van der Waals surface area contributed by atoms with Gasteiger partial charge in [0.25, 0.3) is 0 Å². The molecular formula is C23H35N3O3. The van der Waals surface area contributed by atoms with Gasteiger partial charge in [0.1, 0.15) is 5.76 Å². The zero-order valence-corrected chi connectivity index (χ0v) is 18.1. The molecular weight excluding hydrogens is 366 g/mol. The third-order valence-electron chi connectivity index (χ3n) is 5.10. The van der Waals surface area contributed by atoms with Crippen LogP contribution in [0.4, 0.5) is 0 Å². The lowest BCUT2D eigenvalue weighted by Crippen LogP contribution is -2.43. The third-order valence-corrected chi connectivity index (χ3v) is 5.10. The molecule has 6 nitrogen and oxygen atoms in total. The smallest absolute Gasteiger partial charge is 0.242 e. The molecule has 160 valence electrons. The highest BCUT2D eigenvalue weighted by Crippen LogP contribution is 2.13. The number of rotatable bonds is 13. The van der Waals surface area contributed by atoms with E-state index in [0.29, 0.717) is 26.1 Å². The topological polar surface area (TPSA) is 58.7 Å². The minimum absolute atomic E-state index is 0.0574. The van der Waals surface area contributed by atoms with Crippen LogP contribution in [0, 0.1) is 0 Å². The van der Waals surface area contributed by atoms with Crippen molar-refractivity contribution >= 4 is 11.8 Å². The summed E-state index contributed by atoms with van der Waals surface area (Å²) < 4.78 is 7.46. The lowest BCUT2D eigenvalue weighted by molar-refractivity contribution is -0.141. The number of carbonyl (C=O) groups excluding carboxylic acids is 2. The summed E-state index contributed by atoms with van der Waals surface area (Å²) in [6.45, 7) is 5.79. The van der Waals surface area contributed by atoms with Crippen molar-refractivity contribution in [2.75, 3.05) is 13.1 Å². The van der Waals surface area contributed by atoms with Crippen molar-refractivity contribution in [3.05, 3.63) is 48.2 Å². The Kier molecular flexibility index (Phi) is 9.54. The number of amides is 2. The van der Waals surface area contributed by atoms with Gasteiger partial charge < -0.3 is 18.8 Å². The molecule has 0 N–H and O–H groups in total. The number of aromatic nitrogens is 1. The molecule has 2 heterocycles. The molecule has 0 aliphatic heterocycles. The molecule has 0 aliphatic rings. The highest BCUT2D eigenvalue weighted by Gasteiger charge is 2.22. The molecule has 0 atom stereocenters. The van der Waals surface area contributed by atoms with E-state index in [9.17, 15) is 9.59 Å². The molecule has 29 heavy (non-hydrogen) atoms. The van der Waals surface area contributed by atoms with Crippen molar-refractivity contribution in [1.82, 2.24) is 14.4 Å². The third kappa shape index (κ3) is 7.44. The summed E-state index contributed by atoms with van der Waals surface area (Å²) in [7, 11) is 1.97. The van der Waals surface area contributed by atoms with E-state index < -0.39 is 0 Å². The Morgan fingerprint density at radius 3 is 2.41 bits per heavy atom. The minimum Gasteiger partial charge on any atom is -0.467 e. The van der Waals surface area contributed by atoms with Gasteiger partial charge in [0, 0.05) is 31.9 Å². The highest BCUT2D eigenvalue weighted by atomic mass is 16.3. The van der Waals surface area contributed by atoms with E-state index in [1.807, 2.05) is 49.0 Å². The molecule has 0 saturated heterocycles. The predicted octanol–water partition coefficient (Wildman–Crippen LogP) is 4.36. The fourth-order valence-electron chi connectivity index (χ4n) is 3.37. The van der Waals surface area contributed by atoms with Crippen LogP contribution < -0.4 is 0 Å². The lowest BCUT2D eigenvalue weighted by atomic mass is 10.1. The van der Waals surface area contributed by atoms with E-state index in [2.05, 4.69) is 6.92 Å². The van der Waals surface area contributed by atoms with Crippen LogP contribution in [-0.2, 0) is 29.7 Å². The van der Waals surface area contributed by atoms with Crippen LogP contribution in [-0.4, -0.2) is 39.3 Å². The van der Waals surface area contributed by atoms with Gasteiger partial charge in [-0.05, 0) is 37.1 Å².